The van der Waals surface area contributed by atoms with Gasteiger partial charge < -0.3 is 20.3 Å². The lowest BCUT2D eigenvalue weighted by Gasteiger charge is -2.20. The number of allylic oxidation sites excluding steroid dienone is 9. The lowest BCUT2D eigenvalue weighted by atomic mass is 10.0. The predicted octanol–water partition coefficient (Wildman–Crippen LogP) is 19.1. The van der Waals surface area contributed by atoms with Crippen molar-refractivity contribution in [1.29, 1.82) is 0 Å². The number of rotatable bonds is 56. The molecule has 0 saturated carbocycles. The van der Waals surface area contributed by atoms with E-state index in [1.807, 2.05) is 6.08 Å². The zero-order valence-corrected chi connectivity index (χ0v) is 46.5. The van der Waals surface area contributed by atoms with Gasteiger partial charge in [0.1, 0.15) is 0 Å². The Morgan fingerprint density at radius 1 is 0.400 bits per heavy atom. The van der Waals surface area contributed by atoms with Crippen LogP contribution in [0.4, 0.5) is 0 Å². The molecule has 6 heteroatoms. The number of amides is 1. The minimum Gasteiger partial charge on any atom is -0.466 e. The Morgan fingerprint density at radius 2 is 0.714 bits per heavy atom. The molecule has 0 aliphatic carbocycles. The Kier molecular flexibility index (Phi) is 57.1. The fraction of sp³-hybridized carbons (Fsp3) is 0.812. The number of ether oxygens (including phenoxy) is 1. The lowest BCUT2D eigenvalue weighted by molar-refractivity contribution is -0.143. The molecule has 0 saturated heterocycles. The number of nitrogens with one attached hydrogen (secondary N) is 1. The molecule has 0 aliphatic heterocycles. The van der Waals surface area contributed by atoms with Crippen LogP contribution >= 0.6 is 0 Å². The van der Waals surface area contributed by atoms with Gasteiger partial charge in [0.25, 0.3) is 0 Å². The first-order valence-corrected chi connectivity index (χ1v) is 30.6. The van der Waals surface area contributed by atoms with Crippen LogP contribution in [0.3, 0.4) is 0 Å². The maximum Gasteiger partial charge on any atom is 0.305 e. The van der Waals surface area contributed by atoms with Gasteiger partial charge in [-0.1, -0.05) is 261 Å². The summed E-state index contributed by atoms with van der Waals surface area (Å²) in [6, 6.07) is -0.636. The quantitative estimate of drug-likeness (QED) is 0.0321. The molecule has 0 aromatic carbocycles. The second-order valence-electron chi connectivity index (χ2n) is 20.7. The van der Waals surface area contributed by atoms with Crippen LogP contribution < -0.4 is 5.32 Å². The van der Waals surface area contributed by atoms with E-state index in [-0.39, 0.29) is 18.5 Å². The van der Waals surface area contributed by atoms with Crippen LogP contribution in [-0.4, -0.2) is 47.4 Å². The fourth-order valence-corrected chi connectivity index (χ4v) is 9.05. The van der Waals surface area contributed by atoms with Crippen molar-refractivity contribution < 1.29 is 24.5 Å². The molecule has 2 unspecified atom stereocenters. The summed E-state index contributed by atoms with van der Waals surface area (Å²) in [5, 5.41) is 23.1. The topological polar surface area (TPSA) is 95.9 Å². The fourth-order valence-electron chi connectivity index (χ4n) is 9.05. The molecule has 0 fully saturated rings. The standard InChI is InChI=1S/C64H117NO5/c1-3-5-7-9-11-13-15-17-19-30-34-38-42-46-50-54-58-64(69)70-59-55-51-47-43-39-35-31-28-26-24-22-20-21-23-25-27-29-33-37-41-45-49-53-57-63(68)65-61(60-66)62(67)56-52-48-44-40-36-32-18-16-14-12-10-8-6-4-2/h13,15,19-20,22-23,25,30,52,56,61-62,66-67H,3-12,14,16-18,21,24,26-29,31-51,53-55,57-60H2,1-2H3,(H,65,68)/b15-13-,22-20-,25-23-,30-19-,56-52+. The van der Waals surface area contributed by atoms with Crippen LogP contribution in [0.15, 0.2) is 60.8 Å². The van der Waals surface area contributed by atoms with Gasteiger partial charge in [-0.3, -0.25) is 9.59 Å². The van der Waals surface area contributed by atoms with E-state index in [4.69, 9.17) is 4.74 Å². The molecule has 0 radical (unpaired) electrons. The molecule has 0 aromatic rings. The molecule has 0 bridgehead atoms. The van der Waals surface area contributed by atoms with E-state index >= 15 is 0 Å². The summed E-state index contributed by atoms with van der Waals surface area (Å²) < 4.78 is 5.47. The van der Waals surface area contributed by atoms with Crippen molar-refractivity contribution >= 4 is 11.9 Å². The normalized spacial score (nSPS) is 13.0. The number of hydrogen-bond donors (Lipinski definition) is 3. The largest absolute Gasteiger partial charge is 0.466 e. The predicted molar refractivity (Wildman–Crippen MR) is 305 cm³/mol. The molecule has 70 heavy (non-hydrogen) atoms. The third-order valence-corrected chi connectivity index (χ3v) is 13.8. The average Bonchev–Trinajstić information content (AvgIpc) is 3.36. The van der Waals surface area contributed by atoms with Crippen molar-refractivity contribution in [2.45, 2.75) is 321 Å². The van der Waals surface area contributed by atoms with Gasteiger partial charge in [0.2, 0.25) is 5.91 Å². The molecule has 0 heterocycles. The number of unbranched alkanes of at least 4 members (excludes halogenated alkanes) is 37. The van der Waals surface area contributed by atoms with Crippen LogP contribution in [0.1, 0.15) is 309 Å². The summed E-state index contributed by atoms with van der Waals surface area (Å²) in [5.41, 5.74) is 0. The number of aliphatic hydroxyl groups is 2. The molecule has 0 rings (SSSR count). The SMILES string of the molecule is CCCCCC/C=C\C/C=C\CCCCCCCC(=O)OCCCCCCCCCCC/C=C\C/C=C\CCCCCCCCCC(=O)NC(CO)C(O)/C=C/CCCCCCCCCCCCCC. The summed E-state index contributed by atoms with van der Waals surface area (Å²) in [5.74, 6) is -0.0868. The zero-order valence-electron chi connectivity index (χ0n) is 46.5. The molecule has 1 amide bonds. The summed E-state index contributed by atoms with van der Waals surface area (Å²) in [7, 11) is 0. The van der Waals surface area contributed by atoms with Gasteiger partial charge >= 0.3 is 5.97 Å². The van der Waals surface area contributed by atoms with Crippen molar-refractivity contribution in [2.24, 2.45) is 0 Å². The monoisotopic (exact) mass is 980 g/mol. The van der Waals surface area contributed by atoms with Gasteiger partial charge in [0.05, 0.1) is 25.4 Å². The highest BCUT2D eigenvalue weighted by atomic mass is 16.5. The van der Waals surface area contributed by atoms with Crippen LogP contribution in [0.5, 0.6) is 0 Å². The van der Waals surface area contributed by atoms with Crippen molar-refractivity contribution in [3.8, 4) is 0 Å². The second kappa shape index (κ2) is 59.1. The van der Waals surface area contributed by atoms with E-state index in [0.29, 0.717) is 19.4 Å². The van der Waals surface area contributed by atoms with Crippen LogP contribution in [-0.2, 0) is 14.3 Å². The summed E-state index contributed by atoms with van der Waals surface area (Å²) in [4.78, 5) is 24.5. The number of carbonyl (C=O) groups is 2. The lowest BCUT2D eigenvalue weighted by Crippen LogP contribution is -2.45. The molecular formula is C64H117NO5. The Hall–Kier alpha value is -2.44. The molecule has 2 atom stereocenters. The molecule has 6 nitrogen and oxygen atoms in total. The summed E-state index contributed by atoms with van der Waals surface area (Å²) in [6.07, 6.45) is 76.8. The van der Waals surface area contributed by atoms with Gasteiger partial charge in [-0.2, -0.15) is 0 Å². The first kappa shape index (κ1) is 67.6. The highest BCUT2D eigenvalue weighted by Gasteiger charge is 2.18. The number of hydrogen-bond acceptors (Lipinski definition) is 5. The molecule has 0 spiro atoms. The van der Waals surface area contributed by atoms with Crippen LogP contribution in [0.25, 0.3) is 0 Å². The average molecular weight is 981 g/mol. The number of esters is 1. The van der Waals surface area contributed by atoms with E-state index in [0.717, 1.165) is 70.6 Å². The third-order valence-electron chi connectivity index (χ3n) is 13.8. The van der Waals surface area contributed by atoms with E-state index < -0.39 is 12.1 Å². The first-order valence-electron chi connectivity index (χ1n) is 30.6. The van der Waals surface area contributed by atoms with Gasteiger partial charge in [-0.05, 0) is 96.3 Å². The second-order valence-corrected chi connectivity index (χ2v) is 20.7. The molecule has 0 aromatic heterocycles. The number of aliphatic hydroxyl groups excluding tert-OH is 2. The van der Waals surface area contributed by atoms with Gasteiger partial charge in [0, 0.05) is 12.8 Å². The highest BCUT2D eigenvalue weighted by Crippen LogP contribution is 2.16. The minimum absolute atomic E-state index is 0.00763. The Balaban J connectivity index is 3.48. The van der Waals surface area contributed by atoms with Crippen molar-refractivity contribution in [1.82, 2.24) is 5.32 Å². The van der Waals surface area contributed by atoms with Crippen LogP contribution in [0.2, 0.25) is 0 Å². The van der Waals surface area contributed by atoms with Gasteiger partial charge in [-0.15, -0.1) is 0 Å². The van der Waals surface area contributed by atoms with Crippen molar-refractivity contribution in [3.63, 3.8) is 0 Å². The van der Waals surface area contributed by atoms with Crippen LogP contribution in [0, 0.1) is 0 Å². The van der Waals surface area contributed by atoms with Gasteiger partial charge in [0.15, 0.2) is 0 Å². The Morgan fingerprint density at radius 3 is 1.10 bits per heavy atom. The zero-order chi connectivity index (χ0) is 50.7. The minimum atomic E-state index is -0.852. The van der Waals surface area contributed by atoms with Gasteiger partial charge in [-0.25, -0.2) is 0 Å². The molecule has 408 valence electrons. The van der Waals surface area contributed by atoms with Crippen molar-refractivity contribution in [3.05, 3.63) is 60.8 Å². The number of carbonyl (C=O) groups excluding carboxylic acids is 2. The Bertz CT molecular complexity index is 1220. The molecule has 3 N–H and O–H groups in total. The van der Waals surface area contributed by atoms with E-state index in [1.54, 1.807) is 6.08 Å². The Labute approximate surface area is 435 Å². The molecular weight excluding hydrogens is 863 g/mol. The van der Waals surface area contributed by atoms with E-state index in [9.17, 15) is 19.8 Å². The first-order chi connectivity index (χ1) is 34.5. The third kappa shape index (κ3) is 54.9. The van der Waals surface area contributed by atoms with Crippen molar-refractivity contribution in [2.75, 3.05) is 13.2 Å². The smallest absolute Gasteiger partial charge is 0.305 e. The summed E-state index contributed by atoms with van der Waals surface area (Å²) in [6.45, 7) is 4.87. The van der Waals surface area contributed by atoms with E-state index in [2.05, 4.69) is 67.8 Å². The molecule has 0 aliphatic rings. The maximum atomic E-state index is 12.4. The highest BCUT2D eigenvalue weighted by molar-refractivity contribution is 5.76. The summed E-state index contributed by atoms with van der Waals surface area (Å²) >= 11 is 0. The maximum absolute atomic E-state index is 12.4. The van der Waals surface area contributed by atoms with E-state index in [1.165, 1.54) is 212 Å².